The van der Waals surface area contributed by atoms with Crippen molar-refractivity contribution in [2.24, 2.45) is 5.92 Å². The van der Waals surface area contributed by atoms with Crippen molar-refractivity contribution in [2.75, 3.05) is 13.1 Å². The summed E-state index contributed by atoms with van der Waals surface area (Å²) >= 11 is 0. The number of halogens is 2. The molecule has 0 unspecified atom stereocenters. The van der Waals surface area contributed by atoms with Crippen molar-refractivity contribution in [2.45, 2.75) is 25.8 Å². The molecule has 2 aromatic carbocycles. The van der Waals surface area contributed by atoms with Crippen LogP contribution in [0.5, 0.6) is 0 Å². The number of rotatable bonds is 4. The first kappa shape index (κ1) is 15.2. The van der Waals surface area contributed by atoms with E-state index in [9.17, 15) is 8.78 Å². The lowest BCUT2D eigenvalue weighted by Gasteiger charge is -2.32. The maximum Gasteiger partial charge on any atom is 0.126 e. The summed E-state index contributed by atoms with van der Waals surface area (Å²) in [5, 5.41) is 0. The first-order valence-electron chi connectivity index (χ1n) is 7.91. The molecular weight excluding hydrogens is 280 g/mol. The third-order valence-corrected chi connectivity index (χ3v) is 4.47. The zero-order valence-electron chi connectivity index (χ0n) is 12.6. The van der Waals surface area contributed by atoms with Crippen LogP contribution in [0.4, 0.5) is 8.78 Å². The van der Waals surface area contributed by atoms with Gasteiger partial charge < -0.3 is 0 Å². The molecule has 22 heavy (non-hydrogen) atoms. The molecule has 0 amide bonds. The zero-order chi connectivity index (χ0) is 15.4. The molecule has 3 rings (SSSR count). The Kier molecular flexibility index (Phi) is 4.84. The molecule has 0 aliphatic carbocycles. The average molecular weight is 301 g/mol. The Bertz CT molecular complexity index is 604. The van der Waals surface area contributed by atoms with Crippen LogP contribution in [0.3, 0.4) is 0 Å². The first-order valence-corrected chi connectivity index (χ1v) is 7.91. The summed E-state index contributed by atoms with van der Waals surface area (Å²) in [7, 11) is 0. The molecule has 2 aromatic rings. The Morgan fingerprint density at radius 3 is 2.41 bits per heavy atom. The van der Waals surface area contributed by atoms with Gasteiger partial charge in [0.15, 0.2) is 0 Å². The second kappa shape index (κ2) is 7.01. The first-order chi connectivity index (χ1) is 10.7. The zero-order valence-corrected chi connectivity index (χ0v) is 12.6. The molecule has 1 aliphatic heterocycles. The fourth-order valence-electron chi connectivity index (χ4n) is 3.20. The van der Waals surface area contributed by atoms with Gasteiger partial charge in [-0.15, -0.1) is 0 Å². The fraction of sp³-hybridized carbons (Fsp3) is 0.368. The van der Waals surface area contributed by atoms with Gasteiger partial charge in [0.25, 0.3) is 0 Å². The molecule has 0 spiro atoms. The van der Waals surface area contributed by atoms with Crippen LogP contribution in [0, 0.1) is 17.6 Å². The molecule has 0 bridgehead atoms. The van der Waals surface area contributed by atoms with E-state index in [4.69, 9.17) is 0 Å². The lowest BCUT2D eigenvalue weighted by atomic mass is 9.90. The van der Waals surface area contributed by atoms with E-state index < -0.39 is 0 Å². The molecule has 1 saturated heterocycles. The Balaban J connectivity index is 1.52. The second-order valence-corrected chi connectivity index (χ2v) is 6.14. The molecule has 0 radical (unpaired) electrons. The van der Waals surface area contributed by atoms with Crippen molar-refractivity contribution in [3.8, 4) is 0 Å². The van der Waals surface area contributed by atoms with Crippen LogP contribution < -0.4 is 0 Å². The van der Waals surface area contributed by atoms with Crippen molar-refractivity contribution in [3.63, 3.8) is 0 Å². The smallest absolute Gasteiger partial charge is 0.126 e. The molecule has 0 N–H and O–H groups in total. The molecule has 0 atom stereocenters. The van der Waals surface area contributed by atoms with E-state index in [1.807, 2.05) is 6.07 Å². The lowest BCUT2D eigenvalue weighted by molar-refractivity contribution is 0.176. The van der Waals surface area contributed by atoms with Crippen LogP contribution in [-0.2, 0) is 13.0 Å². The Labute approximate surface area is 130 Å². The van der Waals surface area contributed by atoms with Crippen LogP contribution >= 0.6 is 0 Å². The molecule has 0 aromatic heterocycles. The highest BCUT2D eigenvalue weighted by Crippen LogP contribution is 2.24. The fourth-order valence-corrected chi connectivity index (χ4v) is 3.20. The van der Waals surface area contributed by atoms with Crippen LogP contribution in [0.1, 0.15) is 24.0 Å². The van der Waals surface area contributed by atoms with Crippen LogP contribution in [-0.4, -0.2) is 18.0 Å². The maximum absolute atomic E-state index is 13.7. The van der Waals surface area contributed by atoms with Crippen molar-refractivity contribution in [1.29, 1.82) is 0 Å². The summed E-state index contributed by atoms with van der Waals surface area (Å²) in [6, 6.07) is 14.2. The highest BCUT2D eigenvalue weighted by atomic mass is 19.1. The van der Waals surface area contributed by atoms with E-state index in [1.165, 1.54) is 23.8 Å². The molecule has 1 nitrogen and oxygen atoms in total. The SMILES string of the molecule is Fc1ccc(F)c(CC2CCN(Cc3ccccc3)CC2)c1. The molecule has 1 aliphatic rings. The summed E-state index contributed by atoms with van der Waals surface area (Å²) in [4.78, 5) is 2.44. The molecule has 116 valence electrons. The third-order valence-electron chi connectivity index (χ3n) is 4.47. The number of hydrogen-bond acceptors (Lipinski definition) is 1. The van der Waals surface area contributed by atoms with Crippen LogP contribution in [0.2, 0.25) is 0 Å². The summed E-state index contributed by atoms with van der Waals surface area (Å²) in [6.07, 6.45) is 2.73. The van der Waals surface area contributed by atoms with Gasteiger partial charge in [0, 0.05) is 6.54 Å². The van der Waals surface area contributed by atoms with Gasteiger partial charge in [-0.3, -0.25) is 4.90 Å². The number of piperidine rings is 1. The molecule has 1 fully saturated rings. The highest BCUT2D eigenvalue weighted by Gasteiger charge is 2.20. The van der Waals surface area contributed by atoms with Crippen molar-refractivity contribution < 1.29 is 8.78 Å². The predicted octanol–water partition coefficient (Wildman–Crippen LogP) is 4.42. The van der Waals surface area contributed by atoms with Crippen molar-refractivity contribution >= 4 is 0 Å². The number of likely N-dealkylation sites (tertiary alicyclic amines) is 1. The molecule has 1 heterocycles. The Morgan fingerprint density at radius 2 is 1.68 bits per heavy atom. The summed E-state index contributed by atoms with van der Waals surface area (Å²) in [5.41, 5.74) is 1.85. The normalized spacial score (nSPS) is 16.8. The monoisotopic (exact) mass is 301 g/mol. The van der Waals surface area contributed by atoms with E-state index in [-0.39, 0.29) is 11.6 Å². The Morgan fingerprint density at radius 1 is 0.955 bits per heavy atom. The van der Waals surface area contributed by atoms with Gasteiger partial charge in [0.2, 0.25) is 0 Å². The van der Waals surface area contributed by atoms with Crippen LogP contribution in [0.25, 0.3) is 0 Å². The Hall–Kier alpha value is -1.74. The lowest BCUT2D eigenvalue weighted by Crippen LogP contribution is -2.33. The highest BCUT2D eigenvalue weighted by molar-refractivity contribution is 5.19. The third kappa shape index (κ3) is 3.92. The molecular formula is C19H21F2N. The van der Waals surface area contributed by atoms with E-state index in [2.05, 4.69) is 29.2 Å². The van der Waals surface area contributed by atoms with Crippen molar-refractivity contribution in [3.05, 3.63) is 71.3 Å². The second-order valence-electron chi connectivity index (χ2n) is 6.14. The predicted molar refractivity (Wildman–Crippen MR) is 84.5 cm³/mol. The van der Waals surface area contributed by atoms with Gasteiger partial charge in [-0.2, -0.15) is 0 Å². The van der Waals surface area contributed by atoms with Crippen molar-refractivity contribution in [1.82, 2.24) is 4.90 Å². The standard InChI is InChI=1S/C19H21F2N/c20-18-6-7-19(21)17(13-18)12-15-8-10-22(11-9-15)14-16-4-2-1-3-5-16/h1-7,13,15H,8-12,14H2. The minimum atomic E-state index is -0.349. The minimum Gasteiger partial charge on any atom is -0.299 e. The van der Waals surface area contributed by atoms with Gasteiger partial charge in [-0.1, -0.05) is 30.3 Å². The van der Waals surface area contributed by atoms with E-state index in [0.29, 0.717) is 17.9 Å². The van der Waals surface area contributed by atoms with Crippen LogP contribution in [0.15, 0.2) is 48.5 Å². The number of benzene rings is 2. The molecule has 0 saturated carbocycles. The summed E-state index contributed by atoms with van der Waals surface area (Å²) in [6.45, 7) is 3.02. The van der Waals surface area contributed by atoms with E-state index in [1.54, 1.807) is 0 Å². The van der Waals surface area contributed by atoms with Gasteiger partial charge in [-0.05, 0) is 67.6 Å². The van der Waals surface area contributed by atoms with E-state index >= 15 is 0 Å². The number of nitrogens with zero attached hydrogens (tertiary/aromatic N) is 1. The topological polar surface area (TPSA) is 3.24 Å². The minimum absolute atomic E-state index is 0.284. The summed E-state index contributed by atoms with van der Waals surface area (Å²) in [5.74, 6) is -0.186. The van der Waals surface area contributed by atoms with Gasteiger partial charge in [0.1, 0.15) is 11.6 Å². The quantitative estimate of drug-likeness (QED) is 0.808. The van der Waals surface area contributed by atoms with E-state index in [0.717, 1.165) is 32.5 Å². The summed E-state index contributed by atoms with van der Waals surface area (Å²) < 4.78 is 26.9. The largest absolute Gasteiger partial charge is 0.299 e. The maximum atomic E-state index is 13.7. The number of hydrogen-bond donors (Lipinski definition) is 0. The molecule has 3 heteroatoms. The van der Waals surface area contributed by atoms with Gasteiger partial charge in [0.05, 0.1) is 0 Å². The van der Waals surface area contributed by atoms with Gasteiger partial charge >= 0.3 is 0 Å². The average Bonchev–Trinajstić information content (AvgIpc) is 2.54. The van der Waals surface area contributed by atoms with Gasteiger partial charge in [-0.25, -0.2) is 8.78 Å².